The summed E-state index contributed by atoms with van der Waals surface area (Å²) in [6.45, 7) is 6.21. The lowest BCUT2D eigenvalue weighted by atomic mass is 9.59. The minimum Gasteiger partial charge on any atom is -0.393 e. The van der Waals surface area contributed by atoms with E-state index in [1.807, 2.05) is 0 Å². The van der Waals surface area contributed by atoms with Gasteiger partial charge in [0.1, 0.15) is 0 Å². The van der Waals surface area contributed by atoms with Gasteiger partial charge in [-0.2, -0.15) is 0 Å². The lowest BCUT2D eigenvalue weighted by Gasteiger charge is -2.48. The molecular weight excluding hydrogens is 212 g/mol. The number of rotatable bonds is 2. The van der Waals surface area contributed by atoms with E-state index >= 15 is 0 Å². The van der Waals surface area contributed by atoms with Crippen molar-refractivity contribution in [3.63, 3.8) is 0 Å². The first-order valence-corrected chi connectivity index (χ1v) is 6.96. The van der Waals surface area contributed by atoms with Crippen molar-refractivity contribution in [1.29, 1.82) is 0 Å². The molecule has 2 N–H and O–H groups in total. The molecule has 2 rings (SSSR count). The number of hydrogen-bond donors (Lipinski definition) is 2. The van der Waals surface area contributed by atoms with Crippen LogP contribution in [0.4, 0.5) is 0 Å². The second-order valence-corrected chi connectivity index (χ2v) is 6.47. The lowest BCUT2D eigenvalue weighted by Crippen LogP contribution is -2.48. The number of allylic oxidation sites excluding steroid dienone is 2. The van der Waals surface area contributed by atoms with Gasteiger partial charge in [-0.1, -0.05) is 25.0 Å². The fourth-order valence-corrected chi connectivity index (χ4v) is 3.89. The van der Waals surface area contributed by atoms with Crippen molar-refractivity contribution < 1.29 is 10.2 Å². The van der Waals surface area contributed by atoms with Gasteiger partial charge in [-0.15, -0.1) is 0 Å². The van der Waals surface area contributed by atoms with E-state index in [-0.39, 0.29) is 12.5 Å². The van der Waals surface area contributed by atoms with E-state index in [0.717, 1.165) is 12.3 Å². The molecule has 0 aliphatic heterocycles. The minimum atomic E-state index is -0.919. The minimum absolute atomic E-state index is 0.123. The molecule has 5 atom stereocenters. The molecule has 98 valence electrons. The summed E-state index contributed by atoms with van der Waals surface area (Å²) in [5, 5.41) is 19.8. The zero-order chi connectivity index (χ0) is 12.6. The van der Waals surface area contributed by atoms with Gasteiger partial charge in [-0.25, -0.2) is 0 Å². The third kappa shape index (κ3) is 2.43. The van der Waals surface area contributed by atoms with E-state index in [9.17, 15) is 10.2 Å². The van der Waals surface area contributed by atoms with Crippen LogP contribution in [-0.2, 0) is 0 Å². The van der Waals surface area contributed by atoms with Crippen molar-refractivity contribution in [2.24, 2.45) is 23.7 Å². The van der Waals surface area contributed by atoms with Gasteiger partial charge in [0.15, 0.2) is 0 Å². The molecular formula is C15H26O2. The van der Waals surface area contributed by atoms with Crippen molar-refractivity contribution in [2.45, 2.75) is 52.1 Å². The SMILES string of the molecule is CC1=C[C@H]2[C@@H](CC1)[C@H](C)CC[C@H]2C(C)(O)CO. The van der Waals surface area contributed by atoms with Gasteiger partial charge < -0.3 is 10.2 Å². The smallest absolute Gasteiger partial charge is 0.0883 e. The Morgan fingerprint density at radius 2 is 2.06 bits per heavy atom. The highest BCUT2D eigenvalue weighted by molar-refractivity contribution is 5.12. The van der Waals surface area contributed by atoms with E-state index in [0.29, 0.717) is 11.8 Å². The number of hydrogen-bond acceptors (Lipinski definition) is 2. The first kappa shape index (κ1) is 13.1. The average molecular weight is 238 g/mol. The first-order chi connectivity index (χ1) is 7.95. The van der Waals surface area contributed by atoms with Gasteiger partial charge in [-0.3, -0.25) is 0 Å². The molecule has 2 aliphatic carbocycles. The Kier molecular flexibility index (Phi) is 3.65. The quantitative estimate of drug-likeness (QED) is 0.726. The third-order valence-electron chi connectivity index (χ3n) is 5.09. The summed E-state index contributed by atoms with van der Waals surface area (Å²) < 4.78 is 0. The predicted molar refractivity (Wildman–Crippen MR) is 69.6 cm³/mol. The highest BCUT2D eigenvalue weighted by Crippen LogP contribution is 2.48. The molecule has 2 nitrogen and oxygen atoms in total. The molecule has 0 bridgehead atoms. The molecule has 0 saturated heterocycles. The van der Waals surface area contributed by atoms with E-state index in [1.54, 1.807) is 6.92 Å². The Hall–Kier alpha value is -0.340. The lowest BCUT2D eigenvalue weighted by molar-refractivity contribution is -0.0896. The van der Waals surface area contributed by atoms with Gasteiger partial charge in [0.2, 0.25) is 0 Å². The molecule has 0 amide bonds. The fraction of sp³-hybridized carbons (Fsp3) is 0.867. The van der Waals surface area contributed by atoms with Crippen LogP contribution in [0.3, 0.4) is 0 Å². The summed E-state index contributed by atoms with van der Waals surface area (Å²) in [7, 11) is 0. The van der Waals surface area contributed by atoms with Gasteiger partial charge in [0.25, 0.3) is 0 Å². The van der Waals surface area contributed by atoms with Crippen molar-refractivity contribution in [1.82, 2.24) is 0 Å². The molecule has 2 aliphatic rings. The second-order valence-electron chi connectivity index (χ2n) is 6.47. The zero-order valence-corrected chi connectivity index (χ0v) is 11.3. The van der Waals surface area contributed by atoms with Crippen molar-refractivity contribution >= 4 is 0 Å². The molecule has 0 radical (unpaired) electrons. The topological polar surface area (TPSA) is 40.5 Å². The van der Waals surface area contributed by atoms with Crippen LogP contribution in [0.2, 0.25) is 0 Å². The van der Waals surface area contributed by atoms with E-state index < -0.39 is 5.60 Å². The molecule has 0 aromatic carbocycles. The van der Waals surface area contributed by atoms with Crippen LogP contribution in [0, 0.1) is 23.7 Å². The Labute approximate surface area is 105 Å². The summed E-state index contributed by atoms with van der Waals surface area (Å²) in [5.74, 6) is 2.16. The van der Waals surface area contributed by atoms with Crippen LogP contribution in [0.25, 0.3) is 0 Å². The maximum atomic E-state index is 10.4. The van der Waals surface area contributed by atoms with Crippen LogP contribution in [0.5, 0.6) is 0 Å². The second kappa shape index (κ2) is 4.74. The molecule has 0 heterocycles. The summed E-state index contributed by atoms with van der Waals surface area (Å²) >= 11 is 0. The summed E-state index contributed by atoms with van der Waals surface area (Å²) in [4.78, 5) is 0. The molecule has 0 spiro atoms. The van der Waals surface area contributed by atoms with Crippen LogP contribution >= 0.6 is 0 Å². The molecule has 1 saturated carbocycles. The molecule has 1 unspecified atom stereocenters. The van der Waals surface area contributed by atoms with E-state index in [1.165, 1.54) is 24.8 Å². The molecule has 17 heavy (non-hydrogen) atoms. The van der Waals surface area contributed by atoms with Crippen LogP contribution in [0.1, 0.15) is 46.5 Å². The number of aliphatic hydroxyl groups is 2. The van der Waals surface area contributed by atoms with Crippen LogP contribution in [-0.4, -0.2) is 22.4 Å². The van der Waals surface area contributed by atoms with Crippen molar-refractivity contribution in [2.75, 3.05) is 6.61 Å². The summed E-state index contributed by atoms with van der Waals surface area (Å²) in [6, 6.07) is 0. The van der Waals surface area contributed by atoms with Crippen molar-refractivity contribution in [3.05, 3.63) is 11.6 Å². The number of aliphatic hydroxyl groups excluding tert-OH is 1. The van der Waals surface area contributed by atoms with E-state index in [2.05, 4.69) is 19.9 Å². The first-order valence-electron chi connectivity index (χ1n) is 6.96. The fourth-order valence-electron chi connectivity index (χ4n) is 3.89. The molecule has 1 fully saturated rings. The van der Waals surface area contributed by atoms with Gasteiger partial charge in [0.05, 0.1) is 12.2 Å². The largest absolute Gasteiger partial charge is 0.393 e. The summed E-state index contributed by atoms with van der Waals surface area (Å²) in [5.41, 5.74) is 0.538. The van der Waals surface area contributed by atoms with Gasteiger partial charge >= 0.3 is 0 Å². The van der Waals surface area contributed by atoms with Crippen LogP contribution < -0.4 is 0 Å². The highest BCUT2D eigenvalue weighted by atomic mass is 16.3. The predicted octanol–water partition coefficient (Wildman–Crippen LogP) is 2.75. The Morgan fingerprint density at radius 3 is 2.71 bits per heavy atom. The molecule has 2 heteroatoms. The maximum absolute atomic E-state index is 10.4. The van der Waals surface area contributed by atoms with Crippen LogP contribution in [0.15, 0.2) is 11.6 Å². The standard InChI is InChI=1S/C15H26O2/c1-10-4-6-12-11(2)5-7-14(13(12)8-10)15(3,17)9-16/h8,11-14,16-17H,4-7,9H2,1-3H3/t11-,12+,13+,14-,15?/m1/s1. The number of fused-ring (bicyclic) bond motifs is 1. The Morgan fingerprint density at radius 1 is 1.35 bits per heavy atom. The highest BCUT2D eigenvalue weighted by Gasteiger charge is 2.45. The monoisotopic (exact) mass is 238 g/mol. The normalized spacial score (nSPS) is 41.4. The van der Waals surface area contributed by atoms with Gasteiger partial charge in [0, 0.05) is 0 Å². The summed E-state index contributed by atoms with van der Waals surface area (Å²) in [6.07, 6.45) is 7.07. The van der Waals surface area contributed by atoms with E-state index in [4.69, 9.17) is 0 Å². The maximum Gasteiger partial charge on any atom is 0.0883 e. The average Bonchev–Trinajstić information content (AvgIpc) is 2.29. The zero-order valence-electron chi connectivity index (χ0n) is 11.3. The molecule has 0 aromatic rings. The Balaban J connectivity index is 2.26. The van der Waals surface area contributed by atoms with Gasteiger partial charge in [-0.05, 0) is 56.8 Å². The Bertz CT molecular complexity index is 306. The molecule has 0 aromatic heterocycles. The van der Waals surface area contributed by atoms with Crippen molar-refractivity contribution in [3.8, 4) is 0 Å². The third-order valence-corrected chi connectivity index (χ3v) is 5.09.